The van der Waals surface area contributed by atoms with Gasteiger partial charge in [-0.2, -0.15) is 4.99 Å². The maximum Gasteiger partial charge on any atom is 0.212 e. The Morgan fingerprint density at radius 1 is 1.58 bits per heavy atom. The van der Waals surface area contributed by atoms with Crippen molar-refractivity contribution < 1.29 is 0 Å². The van der Waals surface area contributed by atoms with Crippen LogP contribution in [0.5, 0.6) is 0 Å². The highest BCUT2D eigenvalue weighted by molar-refractivity contribution is 7.15. The maximum atomic E-state index is 5.20. The van der Waals surface area contributed by atoms with Crippen LogP contribution in [0.2, 0.25) is 0 Å². The second kappa shape index (κ2) is 3.53. The van der Waals surface area contributed by atoms with E-state index < -0.39 is 0 Å². The largest absolute Gasteiger partial charge is 0.370 e. The predicted octanol–water partition coefficient (Wildman–Crippen LogP) is 1.17. The van der Waals surface area contributed by atoms with E-state index in [1.54, 1.807) is 6.20 Å². The number of nitrogens with two attached hydrogens (primary N) is 2. The molecule has 0 fully saturated rings. The fourth-order valence-electron chi connectivity index (χ4n) is 0.706. The van der Waals surface area contributed by atoms with Gasteiger partial charge in [-0.15, -0.1) is 0 Å². The van der Waals surface area contributed by atoms with Gasteiger partial charge in [0.2, 0.25) is 5.13 Å². The normalized spacial score (nSPS) is 10.2. The molecule has 0 atom stereocenters. The van der Waals surface area contributed by atoms with Crippen molar-refractivity contribution in [2.75, 3.05) is 0 Å². The molecular weight excluding hydrogens is 172 g/mol. The van der Waals surface area contributed by atoms with Crippen LogP contribution in [0.4, 0.5) is 5.13 Å². The molecule has 0 spiro atoms. The average molecular weight is 184 g/mol. The Bertz CT molecular complexity index is 285. The van der Waals surface area contributed by atoms with Gasteiger partial charge >= 0.3 is 0 Å². The molecule has 66 valence electrons. The molecule has 12 heavy (non-hydrogen) atoms. The monoisotopic (exact) mass is 184 g/mol. The highest BCUT2D eigenvalue weighted by atomic mass is 32.1. The Balaban J connectivity index is 2.85. The molecule has 0 amide bonds. The molecule has 1 heterocycles. The van der Waals surface area contributed by atoms with E-state index in [9.17, 15) is 0 Å². The van der Waals surface area contributed by atoms with Crippen LogP contribution in [-0.2, 0) is 0 Å². The van der Waals surface area contributed by atoms with Crippen molar-refractivity contribution in [3.63, 3.8) is 0 Å². The first-order valence-corrected chi connectivity index (χ1v) is 4.46. The summed E-state index contributed by atoms with van der Waals surface area (Å²) in [4.78, 5) is 9.08. The Hall–Kier alpha value is -1.10. The van der Waals surface area contributed by atoms with Crippen LogP contribution >= 0.6 is 11.3 Å². The molecule has 0 aliphatic rings. The molecule has 0 bridgehead atoms. The van der Waals surface area contributed by atoms with Gasteiger partial charge in [0.15, 0.2) is 5.96 Å². The van der Waals surface area contributed by atoms with E-state index >= 15 is 0 Å². The van der Waals surface area contributed by atoms with E-state index in [0.29, 0.717) is 11.0 Å². The lowest BCUT2D eigenvalue weighted by molar-refractivity contribution is 0.885. The number of hydrogen-bond acceptors (Lipinski definition) is 3. The number of rotatable bonds is 2. The fraction of sp³-hybridized carbons (Fsp3) is 0.429. The van der Waals surface area contributed by atoms with Gasteiger partial charge in [-0.1, -0.05) is 25.2 Å². The lowest BCUT2D eigenvalue weighted by Crippen LogP contribution is -2.21. The van der Waals surface area contributed by atoms with E-state index in [2.05, 4.69) is 23.8 Å². The van der Waals surface area contributed by atoms with E-state index in [-0.39, 0.29) is 5.96 Å². The molecule has 5 heteroatoms. The number of hydrogen-bond donors (Lipinski definition) is 2. The number of thiazole rings is 1. The summed E-state index contributed by atoms with van der Waals surface area (Å²) in [6, 6.07) is 0. The minimum atomic E-state index is 0.0552. The van der Waals surface area contributed by atoms with E-state index in [1.165, 1.54) is 16.2 Å². The third kappa shape index (κ3) is 2.20. The van der Waals surface area contributed by atoms with Gasteiger partial charge < -0.3 is 11.5 Å². The standard InChI is InChI=1S/C7H12N4S/c1-4(2)5-3-10-7(12-5)11-6(8)9/h3-4H,1-2H3,(H4,8,9,10,11). The van der Waals surface area contributed by atoms with Crippen molar-refractivity contribution in [1.29, 1.82) is 0 Å². The Morgan fingerprint density at radius 2 is 2.25 bits per heavy atom. The van der Waals surface area contributed by atoms with Crippen molar-refractivity contribution in [3.05, 3.63) is 11.1 Å². The van der Waals surface area contributed by atoms with Crippen LogP contribution in [0.3, 0.4) is 0 Å². The summed E-state index contributed by atoms with van der Waals surface area (Å²) in [7, 11) is 0. The molecular formula is C7H12N4S. The third-order valence-corrected chi connectivity index (χ3v) is 2.50. The zero-order valence-corrected chi connectivity index (χ0v) is 7.93. The second-order valence-electron chi connectivity index (χ2n) is 2.74. The smallest absolute Gasteiger partial charge is 0.212 e. The molecule has 1 aromatic heterocycles. The first-order chi connectivity index (χ1) is 5.59. The molecule has 1 aromatic rings. The molecule has 0 aliphatic carbocycles. The first-order valence-electron chi connectivity index (χ1n) is 3.65. The molecule has 0 aliphatic heterocycles. The Labute approximate surface area is 75.3 Å². The lowest BCUT2D eigenvalue weighted by atomic mass is 10.2. The van der Waals surface area contributed by atoms with Gasteiger partial charge in [0, 0.05) is 11.1 Å². The van der Waals surface area contributed by atoms with Crippen LogP contribution in [-0.4, -0.2) is 10.9 Å². The van der Waals surface area contributed by atoms with Gasteiger partial charge in [0.05, 0.1) is 0 Å². The van der Waals surface area contributed by atoms with Gasteiger partial charge in [-0.05, 0) is 5.92 Å². The number of aromatic nitrogens is 1. The first kappa shape index (κ1) is 8.99. The minimum Gasteiger partial charge on any atom is -0.370 e. The summed E-state index contributed by atoms with van der Waals surface area (Å²) < 4.78 is 0. The maximum absolute atomic E-state index is 5.20. The van der Waals surface area contributed by atoms with Crippen LogP contribution in [0, 0.1) is 0 Å². The third-order valence-electron chi connectivity index (χ3n) is 1.31. The number of nitrogens with zero attached hydrogens (tertiary/aromatic N) is 2. The molecule has 0 saturated carbocycles. The summed E-state index contributed by atoms with van der Waals surface area (Å²) in [5.74, 6) is 0.533. The highest BCUT2D eigenvalue weighted by Gasteiger charge is 2.03. The summed E-state index contributed by atoms with van der Waals surface area (Å²) in [6.45, 7) is 4.21. The topological polar surface area (TPSA) is 77.3 Å². The SMILES string of the molecule is CC(C)c1cnc(N=C(N)N)s1. The van der Waals surface area contributed by atoms with Crippen molar-refractivity contribution in [2.24, 2.45) is 16.5 Å². The Morgan fingerprint density at radius 3 is 2.67 bits per heavy atom. The molecule has 4 nitrogen and oxygen atoms in total. The quantitative estimate of drug-likeness (QED) is 0.535. The van der Waals surface area contributed by atoms with E-state index in [0.717, 1.165) is 0 Å². The van der Waals surface area contributed by atoms with Crippen molar-refractivity contribution >= 4 is 22.4 Å². The van der Waals surface area contributed by atoms with Crippen LogP contribution in [0.1, 0.15) is 24.6 Å². The summed E-state index contributed by atoms with van der Waals surface area (Å²) >= 11 is 1.51. The van der Waals surface area contributed by atoms with Crippen LogP contribution in [0.15, 0.2) is 11.2 Å². The summed E-state index contributed by atoms with van der Waals surface area (Å²) in [5.41, 5.74) is 10.4. The van der Waals surface area contributed by atoms with E-state index in [1.807, 2.05) is 0 Å². The molecule has 0 saturated heterocycles. The highest BCUT2D eigenvalue weighted by Crippen LogP contribution is 2.26. The molecule has 0 aromatic carbocycles. The fourth-order valence-corrected chi connectivity index (χ4v) is 1.51. The predicted molar refractivity (Wildman–Crippen MR) is 51.7 cm³/mol. The zero-order chi connectivity index (χ0) is 9.14. The van der Waals surface area contributed by atoms with Gasteiger partial charge in [0.1, 0.15) is 0 Å². The summed E-state index contributed by atoms with van der Waals surface area (Å²) in [5, 5.41) is 0.624. The molecule has 4 N–H and O–H groups in total. The molecule has 0 unspecified atom stereocenters. The van der Waals surface area contributed by atoms with Gasteiger partial charge in [-0.25, -0.2) is 4.98 Å². The van der Waals surface area contributed by atoms with Crippen molar-refractivity contribution in [3.8, 4) is 0 Å². The Kier molecular flexibility index (Phi) is 2.65. The van der Waals surface area contributed by atoms with Crippen LogP contribution < -0.4 is 11.5 Å². The van der Waals surface area contributed by atoms with Gasteiger partial charge in [-0.3, -0.25) is 0 Å². The summed E-state index contributed by atoms with van der Waals surface area (Å²) in [6.07, 6.45) is 1.80. The minimum absolute atomic E-state index is 0.0552. The number of aliphatic imine (C=N–C) groups is 1. The van der Waals surface area contributed by atoms with Crippen molar-refractivity contribution in [1.82, 2.24) is 4.98 Å². The second-order valence-corrected chi connectivity index (χ2v) is 3.78. The van der Waals surface area contributed by atoms with Gasteiger partial charge in [0.25, 0.3) is 0 Å². The zero-order valence-electron chi connectivity index (χ0n) is 7.11. The van der Waals surface area contributed by atoms with E-state index in [4.69, 9.17) is 11.5 Å². The molecule has 0 radical (unpaired) electrons. The lowest BCUT2D eigenvalue weighted by Gasteiger charge is -1.94. The number of guanidine groups is 1. The van der Waals surface area contributed by atoms with Crippen molar-refractivity contribution in [2.45, 2.75) is 19.8 Å². The average Bonchev–Trinajstić information content (AvgIpc) is 2.34. The molecule has 1 rings (SSSR count). The van der Waals surface area contributed by atoms with Crippen LogP contribution in [0.25, 0.3) is 0 Å².